The van der Waals surface area contributed by atoms with Crippen molar-refractivity contribution in [3.63, 3.8) is 0 Å². The molecule has 0 saturated heterocycles. The minimum absolute atomic E-state index is 0.489. The van der Waals surface area contributed by atoms with E-state index in [1.54, 1.807) is 0 Å². The molecule has 1 heterocycles. The van der Waals surface area contributed by atoms with E-state index < -0.39 is 0 Å². The number of hydrogen-bond donors (Lipinski definition) is 1. The van der Waals surface area contributed by atoms with E-state index in [-0.39, 0.29) is 0 Å². The van der Waals surface area contributed by atoms with Crippen molar-refractivity contribution in [3.05, 3.63) is 65.5 Å². The molecule has 0 aliphatic heterocycles. The lowest BCUT2D eigenvalue weighted by Crippen LogP contribution is -2.37. The van der Waals surface area contributed by atoms with Gasteiger partial charge in [0, 0.05) is 23.9 Å². The Morgan fingerprint density at radius 2 is 2.05 bits per heavy atom. The Balaban J connectivity index is 1.80. The fraction of sp³-hybridized carbons (Fsp3) is 0.421. The van der Waals surface area contributed by atoms with Gasteiger partial charge in [-0.2, -0.15) is 0 Å². The lowest BCUT2D eigenvalue weighted by molar-refractivity contribution is 0.421. The highest BCUT2D eigenvalue weighted by Gasteiger charge is 2.30. The highest BCUT2D eigenvalue weighted by molar-refractivity contribution is 5.31. The van der Waals surface area contributed by atoms with Crippen LogP contribution in [0.15, 0.2) is 48.7 Å². The maximum atomic E-state index is 4.67. The number of aryl methyl sites for hydroxylation is 1. The number of rotatable bonds is 6. The summed E-state index contributed by atoms with van der Waals surface area (Å²) in [5.41, 5.74) is 4.18. The van der Waals surface area contributed by atoms with Gasteiger partial charge in [-0.3, -0.25) is 4.98 Å². The molecular formula is C19H24N2. The maximum Gasteiger partial charge on any atom is 0.0482 e. The molecule has 21 heavy (non-hydrogen) atoms. The van der Waals surface area contributed by atoms with Crippen molar-refractivity contribution >= 4 is 0 Å². The number of nitrogens with one attached hydrogen (secondary N) is 1. The van der Waals surface area contributed by atoms with Gasteiger partial charge in [0.15, 0.2) is 0 Å². The van der Waals surface area contributed by atoms with Crippen LogP contribution in [0.3, 0.4) is 0 Å². The van der Waals surface area contributed by atoms with Crippen molar-refractivity contribution in [1.82, 2.24) is 10.3 Å². The zero-order chi connectivity index (χ0) is 14.5. The summed E-state index contributed by atoms with van der Waals surface area (Å²) >= 11 is 0. The third kappa shape index (κ3) is 3.33. The molecule has 110 valence electrons. The fourth-order valence-electron chi connectivity index (χ4n) is 3.39. The minimum Gasteiger partial charge on any atom is -0.313 e. The first kappa shape index (κ1) is 14.3. The number of nitrogens with zero attached hydrogens (tertiary/aromatic N) is 1. The number of fused-ring (bicyclic) bond motifs is 1. The summed E-state index contributed by atoms with van der Waals surface area (Å²) in [4.78, 5) is 4.67. The lowest BCUT2D eigenvalue weighted by Gasteiger charge is -2.25. The largest absolute Gasteiger partial charge is 0.313 e. The first-order chi connectivity index (χ1) is 10.4. The van der Waals surface area contributed by atoms with Crippen molar-refractivity contribution < 1.29 is 0 Å². The molecule has 0 fully saturated rings. The SMILES string of the molecule is CCCNC(Cc1ccccc1)C1CCc2cccnc21. The van der Waals surface area contributed by atoms with Crippen LogP contribution in [0.25, 0.3) is 0 Å². The van der Waals surface area contributed by atoms with Gasteiger partial charge in [0.05, 0.1) is 0 Å². The summed E-state index contributed by atoms with van der Waals surface area (Å²) in [6.07, 6.45) is 6.60. The predicted octanol–water partition coefficient (Wildman–Crippen LogP) is 3.72. The molecule has 3 rings (SSSR count). The fourth-order valence-corrected chi connectivity index (χ4v) is 3.39. The minimum atomic E-state index is 0.489. The van der Waals surface area contributed by atoms with Gasteiger partial charge in [0.25, 0.3) is 0 Å². The smallest absolute Gasteiger partial charge is 0.0482 e. The van der Waals surface area contributed by atoms with Crippen molar-refractivity contribution in [2.45, 2.75) is 44.6 Å². The van der Waals surface area contributed by atoms with Gasteiger partial charge in [-0.1, -0.05) is 43.3 Å². The van der Waals surface area contributed by atoms with Gasteiger partial charge in [-0.15, -0.1) is 0 Å². The Morgan fingerprint density at radius 3 is 2.86 bits per heavy atom. The monoisotopic (exact) mass is 280 g/mol. The Kier molecular flexibility index (Phi) is 4.66. The summed E-state index contributed by atoms with van der Waals surface area (Å²) in [5.74, 6) is 0.549. The molecule has 0 radical (unpaired) electrons. The van der Waals surface area contributed by atoms with Crippen molar-refractivity contribution in [3.8, 4) is 0 Å². The van der Waals surface area contributed by atoms with E-state index in [0.717, 1.165) is 13.0 Å². The second-order valence-electron chi connectivity index (χ2n) is 5.94. The van der Waals surface area contributed by atoms with Gasteiger partial charge in [-0.05, 0) is 49.4 Å². The third-order valence-corrected chi connectivity index (χ3v) is 4.44. The molecule has 1 N–H and O–H groups in total. The summed E-state index contributed by atoms with van der Waals surface area (Å²) in [6, 6.07) is 15.6. The normalized spacial score (nSPS) is 18.4. The summed E-state index contributed by atoms with van der Waals surface area (Å²) in [6.45, 7) is 3.31. The van der Waals surface area contributed by atoms with Gasteiger partial charge in [0.1, 0.15) is 0 Å². The summed E-state index contributed by atoms with van der Waals surface area (Å²) < 4.78 is 0. The molecule has 0 saturated carbocycles. The number of pyridine rings is 1. The van der Waals surface area contributed by atoms with E-state index in [1.165, 1.54) is 36.1 Å². The molecule has 2 heteroatoms. The molecule has 0 amide bonds. The molecule has 0 spiro atoms. The lowest BCUT2D eigenvalue weighted by atomic mass is 9.91. The Morgan fingerprint density at radius 1 is 1.19 bits per heavy atom. The van der Waals surface area contributed by atoms with Crippen molar-refractivity contribution in [2.24, 2.45) is 0 Å². The topological polar surface area (TPSA) is 24.9 Å². The van der Waals surface area contributed by atoms with Crippen LogP contribution in [0, 0.1) is 0 Å². The standard InChI is InChI=1S/C19H24N2/c1-2-12-20-18(14-15-7-4-3-5-8-15)17-11-10-16-9-6-13-21-19(16)17/h3-9,13,17-18,20H,2,10-12,14H2,1H3. The van der Waals surface area contributed by atoms with E-state index in [4.69, 9.17) is 0 Å². The van der Waals surface area contributed by atoms with Crippen LogP contribution in [0.5, 0.6) is 0 Å². The number of benzene rings is 1. The highest BCUT2D eigenvalue weighted by Crippen LogP contribution is 2.34. The average molecular weight is 280 g/mol. The van der Waals surface area contributed by atoms with E-state index in [9.17, 15) is 0 Å². The van der Waals surface area contributed by atoms with Crippen molar-refractivity contribution in [1.29, 1.82) is 0 Å². The summed E-state index contributed by atoms with van der Waals surface area (Å²) in [5, 5.41) is 3.76. The number of hydrogen-bond acceptors (Lipinski definition) is 2. The van der Waals surface area contributed by atoms with Crippen molar-refractivity contribution in [2.75, 3.05) is 6.54 Å². The molecular weight excluding hydrogens is 256 g/mol. The van der Waals surface area contributed by atoms with Crippen LogP contribution in [0.4, 0.5) is 0 Å². The third-order valence-electron chi connectivity index (χ3n) is 4.44. The van der Waals surface area contributed by atoms with Crippen LogP contribution in [0.2, 0.25) is 0 Å². The molecule has 1 aliphatic rings. The first-order valence-corrected chi connectivity index (χ1v) is 8.09. The van der Waals surface area contributed by atoms with E-state index in [2.05, 4.69) is 59.7 Å². The molecule has 0 bridgehead atoms. The molecule has 1 aromatic carbocycles. The van der Waals surface area contributed by atoms with E-state index in [1.807, 2.05) is 6.20 Å². The first-order valence-electron chi connectivity index (χ1n) is 8.09. The van der Waals surface area contributed by atoms with Gasteiger partial charge in [-0.25, -0.2) is 0 Å². The second-order valence-corrected chi connectivity index (χ2v) is 5.94. The van der Waals surface area contributed by atoms with Crippen LogP contribution >= 0.6 is 0 Å². The highest BCUT2D eigenvalue weighted by atomic mass is 14.9. The van der Waals surface area contributed by atoms with Gasteiger partial charge >= 0.3 is 0 Å². The zero-order valence-corrected chi connectivity index (χ0v) is 12.8. The quantitative estimate of drug-likeness (QED) is 0.872. The average Bonchev–Trinajstić information content (AvgIpc) is 2.96. The van der Waals surface area contributed by atoms with Crippen LogP contribution < -0.4 is 5.32 Å². The maximum absolute atomic E-state index is 4.67. The van der Waals surface area contributed by atoms with Crippen LogP contribution in [-0.2, 0) is 12.8 Å². The van der Waals surface area contributed by atoms with E-state index in [0.29, 0.717) is 12.0 Å². The molecule has 2 aromatic rings. The Labute approximate surface area is 127 Å². The molecule has 2 unspecified atom stereocenters. The van der Waals surface area contributed by atoms with Crippen LogP contribution in [0.1, 0.15) is 42.5 Å². The molecule has 1 aliphatic carbocycles. The van der Waals surface area contributed by atoms with Crippen LogP contribution in [-0.4, -0.2) is 17.6 Å². The van der Waals surface area contributed by atoms with Gasteiger partial charge in [0.2, 0.25) is 0 Å². The second kappa shape index (κ2) is 6.86. The Bertz CT molecular complexity index is 565. The molecule has 2 atom stereocenters. The summed E-state index contributed by atoms with van der Waals surface area (Å²) in [7, 11) is 0. The number of aromatic nitrogens is 1. The Hall–Kier alpha value is -1.67. The molecule has 2 nitrogen and oxygen atoms in total. The van der Waals surface area contributed by atoms with Gasteiger partial charge < -0.3 is 5.32 Å². The predicted molar refractivity (Wildman–Crippen MR) is 87.5 cm³/mol. The van der Waals surface area contributed by atoms with E-state index >= 15 is 0 Å². The molecule has 1 aromatic heterocycles. The zero-order valence-electron chi connectivity index (χ0n) is 12.8.